The Hall–Kier alpha value is -2.77. The van der Waals surface area contributed by atoms with Gasteiger partial charge in [-0.05, 0) is 36.4 Å². The number of hydrogen-bond acceptors (Lipinski definition) is 5. The van der Waals surface area contributed by atoms with E-state index >= 15 is 0 Å². The predicted molar refractivity (Wildman–Crippen MR) is 95.3 cm³/mol. The number of nitrogens with one attached hydrogen (secondary N) is 2. The first-order valence-corrected chi connectivity index (χ1v) is 8.01. The average molecular weight is 397 g/mol. The van der Waals surface area contributed by atoms with Crippen molar-refractivity contribution in [2.75, 3.05) is 13.7 Å². The van der Waals surface area contributed by atoms with Crippen molar-refractivity contribution in [3.63, 3.8) is 0 Å². The molecule has 26 heavy (non-hydrogen) atoms. The Morgan fingerprint density at radius 3 is 2.42 bits per heavy atom. The van der Waals surface area contributed by atoms with Crippen LogP contribution in [-0.4, -0.2) is 31.5 Å². The molecule has 136 valence electrons. The maximum Gasteiger partial charge on any atom is 0.337 e. The fourth-order valence-electron chi connectivity index (χ4n) is 1.88. The Morgan fingerprint density at radius 1 is 1.00 bits per heavy atom. The van der Waals surface area contributed by atoms with E-state index in [1.807, 2.05) is 0 Å². The first-order chi connectivity index (χ1) is 12.4. The van der Waals surface area contributed by atoms with Crippen molar-refractivity contribution in [2.24, 2.45) is 0 Å². The summed E-state index contributed by atoms with van der Waals surface area (Å²) in [5.41, 5.74) is 4.80. The molecule has 0 aromatic heterocycles. The summed E-state index contributed by atoms with van der Waals surface area (Å²) in [5, 5.41) is 0.696. The van der Waals surface area contributed by atoms with Gasteiger partial charge in [-0.1, -0.05) is 29.3 Å². The first-order valence-electron chi connectivity index (χ1n) is 7.26. The molecule has 0 saturated carbocycles. The van der Waals surface area contributed by atoms with Gasteiger partial charge in [-0.15, -0.1) is 0 Å². The third-order valence-electron chi connectivity index (χ3n) is 3.11. The van der Waals surface area contributed by atoms with Crippen LogP contribution in [0, 0.1) is 0 Å². The molecule has 2 amide bonds. The van der Waals surface area contributed by atoms with Gasteiger partial charge in [-0.3, -0.25) is 20.4 Å². The predicted octanol–water partition coefficient (Wildman–Crippen LogP) is 2.62. The summed E-state index contributed by atoms with van der Waals surface area (Å²) in [6, 6.07) is 10.4. The molecule has 0 aliphatic carbocycles. The molecule has 0 aliphatic heterocycles. The molecule has 9 heteroatoms. The van der Waals surface area contributed by atoms with Crippen molar-refractivity contribution in [1.82, 2.24) is 10.9 Å². The quantitative estimate of drug-likeness (QED) is 0.598. The van der Waals surface area contributed by atoms with Crippen LogP contribution in [0.4, 0.5) is 0 Å². The Kier molecular flexibility index (Phi) is 6.82. The van der Waals surface area contributed by atoms with Gasteiger partial charge in [0.1, 0.15) is 5.75 Å². The molecule has 2 rings (SSSR count). The zero-order valence-corrected chi connectivity index (χ0v) is 15.1. The summed E-state index contributed by atoms with van der Waals surface area (Å²) in [7, 11) is 1.24. The molecule has 0 bridgehead atoms. The van der Waals surface area contributed by atoms with E-state index in [4.69, 9.17) is 27.9 Å². The van der Waals surface area contributed by atoms with Gasteiger partial charge in [0.05, 0.1) is 17.7 Å². The second-order valence-corrected chi connectivity index (χ2v) is 5.78. The minimum Gasteiger partial charge on any atom is -0.482 e. The van der Waals surface area contributed by atoms with Crippen molar-refractivity contribution in [3.05, 3.63) is 63.6 Å². The lowest BCUT2D eigenvalue weighted by molar-refractivity contribution is -0.123. The van der Waals surface area contributed by atoms with E-state index in [-0.39, 0.29) is 28.5 Å². The van der Waals surface area contributed by atoms with Crippen LogP contribution in [0.25, 0.3) is 0 Å². The number of carbonyl (C=O) groups excluding carboxylic acids is 3. The van der Waals surface area contributed by atoms with E-state index in [9.17, 15) is 14.4 Å². The summed E-state index contributed by atoms with van der Waals surface area (Å²) in [4.78, 5) is 35.2. The molecule has 0 saturated heterocycles. The molecule has 0 spiro atoms. The van der Waals surface area contributed by atoms with Gasteiger partial charge in [0.15, 0.2) is 6.61 Å². The van der Waals surface area contributed by atoms with Crippen LogP contribution in [-0.2, 0) is 9.53 Å². The summed E-state index contributed by atoms with van der Waals surface area (Å²) in [6.45, 7) is -0.371. The maximum atomic E-state index is 12.0. The molecule has 0 radical (unpaired) electrons. The summed E-state index contributed by atoms with van der Waals surface area (Å²) < 4.78 is 9.83. The summed E-state index contributed by atoms with van der Waals surface area (Å²) in [5.74, 6) is -1.50. The second kappa shape index (κ2) is 9.07. The molecular formula is C17H14Cl2N2O5. The van der Waals surface area contributed by atoms with Gasteiger partial charge in [0.25, 0.3) is 11.8 Å². The Balaban J connectivity index is 1.87. The largest absolute Gasteiger partial charge is 0.482 e. The minimum absolute atomic E-state index is 0.176. The van der Waals surface area contributed by atoms with Gasteiger partial charge in [-0.2, -0.15) is 0 Å². The number of benzene rings is 2. The van der Waals surface area contributed by atoms with Crippen LogP contribution < -0.4 is 15.6 Å². The van der Waals surface area contributed by atoms with Crippen molar-refractivity contribution in [3.8, 4) is 5.75 Å². The van der Waals surface area contributed by atoms with Gasteiger partial charge >= 0.3 is 5.97 Å². The fraction of sp³-hybridized carbons (Fsp3) is 0.118. The van der Waals surface area contributed by atoms with Crippen LogP contribution in [0.3, 0.4) is 0 Å². The summed E-state index contributed by atoms with van der Waals surface area (Å²) >= 11 is 11.7. The van der Waals surface area contributed by atoms with E-state index in [2.05, 4.69) is 15.6 Å². The van der Waals surface area contributed by atoms with E-state index in [1.165, 1.54) is 43.5 Å². The normalized spacial score (nSPS) is 9.96. The van der Waals surface area contributed by atoms with Crippen molar-refractivity contribution in [2.45, 2.75) is 0 Å². The number of amides is 2. The topological polar surface area (TPSA) is 93.7 Å². The highest BCUT2D eigenvalue weighted by Crippen LogP contribution is 2.27. The molecule has 2 N–H and O–H groups in total. The highest BCUT2D eigenvalue weighted by Gasteiger charge is 2.12. The number of carbonyl (C=O) groups is 3. The molecule has 0 heterocycles. The molecule has 2 aromatic rings. The number of rotatable bonds is 5. The Labute approximate surface area is 159 Å². The third kappa shape index (κ3) is 5.37. The monoisotopic (exact) mass is 396 g/mol. The number of ether oxygens (including phenoxy) is 2. The number of methoxy groups -OCH3 is 1. The highest BCUT2D eigenvalue weighted by molar-refractivity contribution is 6.35. The van der Waals surface area contributed by atoms with E-state index in [0.717, 1.165) is 0 Å². The molecule has 7 nitrogen and oxygen atoms in total. The standard InChI is InChI=1S/C17H14Cl2N2O5/c1-25-17(24)11-4-2-3-10(7-11)16(23)21-20-15(22)9-26-14-6-5-12(18)8-13(14)19/h2-8H,9H2,1H3,(H,20,22)(H,21,23). The minimum atomic E-state index is -0.603. The van der Waals surface area contributed by atoms with Gasteiger partial charge < -0.3 is 9.47 Å². The van der Waals surface area contributed by atoms with E-state index in [0.29, 0.717) is 5.02 Å². The maximum absolute atomic E-state index is 12.0. The lowest BCUT2D eigenvalue weighted by Gasteiger charge is -2.10. The molecule has 0 atom stereocenters. The lowest BCUT2D eigenvalue weighted by Crippen LogP contribution is -2.43. The van der Waals surface area contributed by atoms with Gasteiger partial charge in [0, 0.05) is 10.6 Å². The van der Waals surface area contributed by atoms with Crippen LogP contribution in [0.2, 0.25) is 10.0 Å². The molecular weight excluding hydrogens is 383 g/mol. The third-order valence-corrected chi connectivity index (χ3v) is 3.64. The Bertz CT molecular complexity index is 842. The van der Waals surface area contributed by atoms with Crippen LogP contribution >= 0.6 is 23.2 Å². The molecule has 0 unspecified atom stereocenters. The first kappa shape index (κ1) is 19.6. The smallest absolute Gasteiger partial charge is 0.337 e. The number of hydrogen-bond donors (Lipinski definition) is 2. The van der Waals surface area contributed by atoms with Gasteiger partial charge in [-0.25, -0.2) is 4.79 Å². The lowest BCUT2D eigenvalue weighted by atomic mass is 10.1. The second-order valence-electron chi connectivity index (χ2n) is 4.94. The Morgan fingerprint density at radius 2 is 1.73 bits per heavy atom. The number of halogens is 2. The highest BCUT2D eigenvalue weighted by atomic mass is 35.5. The molecule has 2 aromatic carbocycles. The van der Waals surface area contributed by atoms with Crippen LogP contribution in [0.1, 0.15) is 20.7 Å². The number of hydrazine groups is 1. The van der Waals surface area contributed by atoms with Crippen LogP contribution in [0.15, 0.2) is 42.5 Å². The van der Waals surface area contributed by atoms with E-state index in [1.54, 1.807) is 6.07 Å². The summed E-state index contributed by atoms with van der Waals surface area (Å²) in [6.07, 6.45) is 0. The fourth-order valence-corrected chi connectivity index (χ4v) is 2.34. The van der Waals surface area contributed by atoms with E-state index < -0.39 is 17.8 Å². The zero-order chi connectivity index (χ0) is 19.1. The SMILES string of the molecule is COC(=O)c1cccc(C(=O)NNC(=O)COc2ccc(Cl)cc2Cl)c1. The molecule has 0 fully saturated rings. The van der Waals surface area contributed by atoms with Gasteiger partial charge in [0.2, 0.25) is 0 Å². The number of esters is 1. The molecule has 0 aliphatic rings. The average Bonchev–Trinajstić information content (AvgIpc) is 2.64. The van der Waals surface area contributed by atoms with Crippen molar-refractivity contribution in [1.29, 1.82) is 0 Å². The van der Waals surface area contributed by atoms with Crippen molar-refractivity contribution >= 4 is 41.0 Å². The van der Waals surface area contributed by atoms with Crippen LogP contribution in [0.5, 0.6) is 5.75 Å². The van der Waals surface area contributed by atoms with Crippen molar-refractivity contribution < 1.29 is 23.9 Å². The zero-order valence-electron chi connectivity index (χ0n) is 13.5.